The molecule has 0 aromatic carbocycles. The molecule has 1 saturated carbocycles. The maximum Gasteiger partial charge on any atom is 0.307 e. The van der Waals surface area contributed by atoms with Gasteiger partial charge in [0.25, 0.3) is 0 Å². The summed E-state index contributed by atoms with van der Waals surface area (Å²) < 4.78 is 5.62. The third-order valence-corrected chi connectivity index (χ3v) is 5.69. The number of pyridine rings is 1. The highest BCUT2D eigenvalue weighted by Crippen LogP contribution is 2.46. The molecule has 2 aliphatic heterocycles. The number of ether oxygens (including phenoxy) is 1. The highest BCUT2D eigenvalue weighted by Gasteiger charge is 2.54. The van der Waals surface area contributed by atoms with E-state index in [0.717, 1.165) is 44.5 Å². The lowest BCUT2D eigenvalue weighted by Crippen LogP contribution is -2.53. The number of amides is 1. The number of piperazine rings is 1. The third kappa shape index (κ3) is 2.64. The molecule has 3 heterocycles. The van der Waals surface area contributed by atoms with Crippen molar-refractivity contribution in [2.75, 3.05) is 31.1 Å². The minimum Gasteiger partial charge on any atom is -0.458 e. The van der Waals surface area contributed by atoms with Crippen LogP contribution in [-0.4, -0.2) is 53.5 Å². The van der Waals surface area contributed by atoms with Gasteiger partial charge in [0, 0.05) is 44.3 Å². The second kappa shape index (κ2) is 6.07. The average molecular weight is 329 g/mol. The van der Waals surface area contributed by atoms with Crippen LogP contribution in [0.15, 0.2) is 24.5 Å². The van der Waals surface area contributed by atoms with Crippen molar-refractivity contribution in [1.82, 2.24) is 9.88 Å². The van der Waals surface area contributed by atoms with Crippen LogP contribution in [0.1, 0.15) is 32.1 Å². The number of nitrogens with zero attached hydrogens (tertiary/aromatic N) is 3. The molecule has 3 fully saturated rings. The van der Waals surface area contributed by atoms with E-state index < -0.39 is 5.60 Å². The Labute approximate surface area is 141 Å². The smallest absolute Gasteiger partial charge is 0.307 e. The summed E-state index contributed by atoms with van der Waals surface area (Å²) in [6.45, 7) is 3.01. The van der Waals surface area contributed by atoms with Gasteiger partial charge >= 0.3 is 5.97 Å². The first-order valence-electron chi connectivity index (χ1n) is 8.84. The van der Waals surface area contributed by atoms with Gasteiger partial charge < -0.3 is 14.5 Å². The summed E-state index contributed by atoms with van der Waals surface area (Å²) in [5.41, 5.74) is 0.639. The molecule has 6 nitrogen and oxygen atoms in total. The predicted octanol–water partition coefficient (Wildman–Crippen LogP) is 1.61. The Balaban J connectivity index is 1.42. The zero-order chi connectivity index (χ0) is 16.6. The molecule has 0 radical (unpaired) electrons. The van der Waals surface area contributed by atoms with E-state index in [-0.39, 0.29) is 24.2 Å². The van der Waals surface area contributed by atoms with Crippen molar-refractivity contribution in [3.8, 4) is 0 Å². The molecule has 0 N–H and O–H groups in total. The molecule has 0 bridgehead atoms. The van der Waals surface area contributed by atoms with Crippen molar-refractivity contribution in [2.45, 2.75) is 37.7 Å². The van der Waals surface area contributed by atoms with E-state index >= 15 is 0 Å². The Morgan fingerprint density at radius 3 is 2.46 bits per heavy atom. The topological polar surface area (TPSA) is 62.7 Å². The van der Waals surface area contributed by atoms with Gasteiger partial charge in [0.05, 0.1) is 12.3 Å². The largest absolute Gasteiger partial charge is 0.458 e. The molecular weight excluding hydrogens is 306 g/mol. The van der Waals surface area contributed by atoms with Gasteiger partial charge in [0.1, 0.15) is 5.60 Å². The predicted molar refractivity (Wildman–Crippen MR) is 88.4 cm³/mol. The summed E-state index contributed by atoms with van der Waals surface area (Å²) in [5.74, 6) is -0.372. The molecule has 24 heavy (non-hydrogen) atoms. The molecule has 6 heteroatoms. The normalized spacial score (nSPS) is 26.0. The number of rotatable bonds is 2. The van der Waals surface area contributed by atoms with Gasteiger partial charge in [-0.3, -0.25) is 14.6 Å². The first kappa shape index (κ1) is 15.4. The standard InChI is InChI=1S/C18H23N3O3/c22-16-13-15(18(24-16)5-1-2-6-18)17(23)21-11-9-20(10-12-21)14-3-7-19-8-4-14/h3-4,7-8,15H,1-2,5-6,9-13H2. The summed E-state index contributed by atoms with van der Waals surface area (Å²) >= 11 is 0. The Morgan fingerprint density at radius 1 is 1.12 bits per heavy atom. The van der Waals surface area contributed by atoms with Gasteiger partial charge in [0.2, 0.25) is 5.91 Å². The van der Waals surface area contributed by atoms with Crippen LogP contribution in [0.25, 0.3) is 0 Å². The SMILES string of the molecule is O=C1CC(C(=O)N2CCN(c3ccncc3)CC2)C2(CCCC2)O1. The number of esters is 1. The molecule has 4 rings (SSSR count). The van der Waals surface area contributed by atoms with E-state index in [4.69, 9.17) is 4.74 Å². The van der Waals surface area contributed by atoms with Crippen molar-refractivity contribution < 1.29 is 14.3 Å². The van der Waals surface area contributed by atoms with Gasteiger partial charge in [-0.2, -0.15) is 0 Å². The van der Waals surface area contributed by atoms with E-state index in [1.807, 2.05) is 17.0 Å². The molecule has 3 aliphatic rings. The van der Waals surface area contributed by atoms with Crippen LogP contribution in [0.2, 0.25) is 0 Å². The highest BCUT2D eigenvalue weighted by molar-refractivity contribution is 5.88. The Kier molecular flexibility index (Phi) is 3.90. The quantitative estimate of drug-likeness (QED) is 0.771. The summed E-state index contributed by atoms with van der Waals surface area (Å²) in [6.07, 6.45) is 7.61. The van der Waals surface area contributed by atoms with Gasteiger partial charge in [-0.15, -0.1) is 0 Å². The maximum absolute atomic E-state index is 13.0. The van der Waals surface area contributed by atoms with Crippen LogP contribution in [0.5, 0.6) is 0 Å². The molecule has 1 unspecified atom stereocenters. The Hall–Kier alpha value is -2.11. The summed E-state index contributed by atoms with van der Waals surface area (Å²) in [5, 5.41) is 0. The molecule has 2 saturated heterocycles. The summed E-state index contributed by atoms with van der Waals surface area (Å²) in [4.78, 5) is 33.1. The second-order valence-electron chi connectivity index (χ2n) is 7.02. The van der Waals surface area contributed by atoms with E-state index in [1.165, 1.54) is 0 Å². The number of hydrogen-bond donors (Lipinski definition) is 0. The number of carbonyl (C=O) groups excluding carboxylic acids is 2. The zero-order valence-electron chi connectivity index (χ0n) is 13.8. The lowest BCUT2D eigenvalue weighted by atomic mass is 9.84. The van der Waals surface area contributed by atoms with Gasteiger partial charge in [0.15, 0.2) is 0 Å². The first-order valence-corrected chi connectivity index (χ1v) is 8.84. The fourth-order valence-corrected chi connectivity index (χ4v) is 4.39. The molecular formula is C18H23N3O3. The van der Waals surface area contributed by atoms with E-state index in [1.54, 1.807) is 12.4 Å². The molecule has 1 atom stereocenters. The first-order chi connectivity index (χ1) is 11.7. The van der Waals surface area contributed by atoms with Crippen LogP contribution < -0.4 is 4.90 Å². The van der Waals surface area contributed by atoms with Crippen LogP contribution in [-0.2, 0) is 14.3 Å². The van der Waals surface area contributed by atoms with Crippen molar-refractivity contribution >= 4 is 17.6 Å². The lowest BCUT2D eigenvalue weighted by Gasteiger charge is -2.39. The number of aromatic nitrogens is 1. The average Bonchev–Trinajstić information content (AvgIpc) is 3.22. The lowest BCUT2D eigenvalue weighted by molar-refractivity contribution is -0.151. The number of hydrogen-bond acceptors (Lipinski definition) is 5. The molecule has 1 spiro atoms. The third-order valence-electron chi connectivity index (χ3n) is 5.69. The fourth-order valence-electron chi connectivity index (χ4n) is 4.39. The van der Waals surface area contributed by atoms with Gasteiger partial charge in [-0.25, -0.2) is 0 Å². The van der Waals surface area contributed by atoms with Crippen molar-refractivity contribution in [3.05, 3.63) is 24.5 Å². The van der Waals surface area contributed by atoms with Crippen molar-refractivity contribution in [3.63, 3.8) is 0 Å². The maximum atomic E-state index is 13.0. The van der Waals surface area contributed by atoms with E-state index in [2.05, 4.69) is 9.88 Å². The molecule has 1 aromatic rings. The molecule has 1 aromatic heterocycles. The van der Waals surface area contributed by atoms with E-state index in [0.29, 0.717) is 13.1 Å². The molecule has 1 aliphatic carbocycles. The Morgan fingerprint density at radius 2 is 1.79 bits per heavy atom. The fraction of sp³-hybridized carbons (Fsp3) is 0.611. The molecule has 128 valence electrons. The molecule has 1 amide bonds. The van der Waals surface area contributed by atoms with Gasteiger partial charge in [-0.05, 0) is 37.8 Å². The Bertz CT molecular complexity index is 620. The zero-order valence-corrected chi connectivity index (χ0v) is 13.8. The van der Waals surface area contributed by atoms with Crippen LogP contribution in [0.4, 0.5) is 5.69 Å². The monoisotopic (exact) mass is 329 g/mol. The van der Waals surface area contributed by atoms with Crippen LogP contribution in [0, 0.1) is 5.92 Å². The number of carbonyl (C=O) groups is 2. The van der Waals surface area contributed by atoms with Crippen molar-refractivity contribution in [2.24, 2.45) is 5.92 Å². The minimum absolute atomic E-state index is 0.108. The van der Waals surface area contributed by atoms with Crippen LogP contribution in [0.3, 0.4) is 0 Å². The second-order valence-corrected chi connectivity index (χ2v) is 7.02. The minimum atomic E-state index is -0.504. The summed E-state index contributed by atoms with van der Waals surface area (Å²) in [6, 6.07) is 3.99. The van der Waals surface area contributed by atoms with Crippen molar-refractivity contribution in [1.29, 1.82) is 0 Å². The number of anilines is 1. The van der Waals surface area contributed by atoms with E-state index in [9.17, 15) is 9.59 Å². The van der Waals surface area contributed by atoms with Crippen LogP contribution >= 0.6 is 0 Å². The summed E-state index contributed by atoms with van der Waals surface area (Å²) in [7, 11) is 0. The highest BCUT2D eigenvalue weighted by atomic mass is 16.6. The van der Waals surface area contributed by atoms with Gasteiger partial charge in [-0.1, -0.05) is 0 Å².